The lowest BCUT2D eigenvalue weighted by molar-refractivity contribution is 0.102. The number of nitrogens with two attached hydrogens (primary N) is 1. The number of carbonyl (C=O) groups is 1. The second-order valence-electron chi connectivity index (χ2n) is 4.60. The van der Waals surface area contributed by atoms with Crippen LogP contribution in [0.2, 0.25) is 0 Å². The largest absolute Gasteiger partial charge is 0.473 e. The van der Waals surface area contributed by atoms with E-state index in [9.17, 15) is 4.79 Å². The molecule has 1 amide bonds. The third-order valence-corrected chi connectivity index (χ3v) is 3.61. The summed E-state index contributed by atoms with van der Waals surface area (Å²) in [6.45, 7) is 5.70. The Kier molecular flexibility index (Phi) is 4.24. The van der Waals surface area contributed by atoms with Gasteiger partial charge < -0.3 is 15.8 Å². The maximum absolute atomic E-state index is 12.2. The number of aromatic nitrogens is 1. The number of hydrogen-bond donors (Lipinski definition) is 2. The molecule has 0 atom stereocenters. The average Bonchev–Trinajstić information content (AvgIpc) is 2.71. The van der Waals surface area contributed by atoms with Crippen molar-refractivity contribution in [2.24, 2.45) is 0 Å². The Hall–Kier alpha value is -2.08. The standard InChI is InChI=1S/C14H17N3O2S/c1-8(2)19-14-11(5-4-6-16-14)17-13(18)12-7-10(15)9(3)20-12/h4-8H,15H2,1-3H3,(H,17,18). The molecule has 0 aliphatic carbocycles. The first kappa shape index (κ1) is 14.3. The molecule has 5 nitrogen and oxygen atoms in total. The third kappa shape index (κ3) is 3.27. The number of nitrogens with zero attached hydrogens (tertiary/aromatic N) is 1. The van der Waals surface area contributed by atoms with Gasteiger partial charge in [0.2, 0.25) is 5.88 Å². The molecule has 3 N–H and O–H groups in total. The Labute approximate surface area is 121 Å². The molecule has 0 spiro atoms. The fourth-order valence-electron chi connectivity index (χ4n) is 1.60. The van der Waals surface area contributed by atoms with Crippen molar-refractivity contribution in [2.45, 2.75) is 26.9 Å². The van der Waals surface area contributed by atoms with E-state index in [1.165, 1.54) is 11.3 Å². The molecule has 0 saturated carbocycles. The van der Waals surface area contributed by atoms with Gasteiger partial charge in [0.15, 0.2) is 0 Å². The van der Waals surface area contributed by atoms with Crippen molar-refractivity contribution in [1.82, 2.24) is 4.98 Å². The number of thiophene rings is 1. The number of hydrogen-bond acceptors (Lipinski definition) is 5. The Balaban J connectivity index is 2.19. The predicted molar refractivity (Wildman–Crippen MR) is 81.4 cm³/mol. The monoisotopic (exact) mass is 291 g/mol. The van der Waals surface area contributed by atoms with Crippen LogP contribution < -0.4 is 15.8 Å². The van der Waals surface area contributed by atoms with Crippen LogP contribution in [0, 0.1) is 6.92 Å². The second-order valence-corrected chi connectivity index (χ2v) is 5.86. The van der Waals surface area contributed by atoms with E-state index in [2.05, 4.69) is 10.3 Å². The SMILES string of the molecule is Cc1sc(C(=O)Nc2cccnc2OC(C)C)cc1N. The minimum absolute atomic E-state index is 0.0137. The fraction of sp³-hybridized carbons (Fsp3) is 0.286. The maximum atomic E-state index is 12.2. The van der Waals surface area contributed by atoms with Crippen LogP contribution in [0.3, 0.4) is 0 Å². The van der Waals surface area contributed by atoms with Crippen molar-refractivity contribution in [2.75, 3.05) is 11.1 Å². The first-order valence-electron chi connectivity index (χ1n) is 6.26. The van der Waals surface area contributed by atoms with Crippen LogP contribution in [0.4, 0.5) is 11.4 Å². The number of anilines is 2. The van der Waals surface area contributed by atoms with Gasteiger partial charge in [-0.3, -0.25) is 4.79 Å². The van der Waals surface area contributed by atoms with Crippen molar-refractivity contribution in [3.05, 3.63) is 34.2 Å². The van der Waals surface area contributed by atoms with Gasteiger partial charge >= 0.3 is 0 Å². The molecule has 0 radical (unpaired) electrons. The Morgan fingerprint density at radius 2 is 2.25 bits per heavy atom. The smallest absolute Gasteiger partial charge is 0.265 e. The van der Waals surface area contributed by atoms with Crippen LogP contribution in [0.5, 0.6) is 5.88 Å². The van der Waals surface area contributed by atoms with E-state index in [-0.39, 0.29) is 12.0 Å². The number of nitrogens with one attached hydrogen (secondary N) is 1. The molecule has 0 aliphatic heterocycles. The summed E-state index contributed by atoms with van der Waals surface area (Å²) in [4.78, 5) is 17.8. The topological polar surface area (TPSA) is 77.2 Å². The molecule has 2 heterocycles. The summed E-state index contributed by atoms with van der Waals surface area (Å²) in [5.41, 5.74) is 6.94. The van der Waals surface area contributed by atoms with Crippen LogP contribution in [0.25, 0.3) is 0 Å². The molecule has 2 aromatic heterocycles. The zero-order chi connectivity index (χ0) is 14.7. The Morgan fingerprint density at radius 3 is 2.85 bits per heavy atom. The molecule has 106 valence electrons. The highest BCUT2D eigenvalue weighted by Gasteiger charge is 2.14. The van der Waals surface area contributed by atoms with Crippen molar-refractivity contribution in [1.29, 1.82) is 0 Å². The third-order valence-electron chi connectivity index (χ3n) is 2.55. The Bertz CT molecular complexity index is 603. The van der Waals surface area contributed by atoms with Gasteiger partial charge in [-0.15, -0.1) is 11.3 Å². The lowest BCUT2D eigenvalue weighted by Crippen LogP contribution is -2.14. The van der Waals surface area contributed by atoms with E-state index in [1.54, 1.807) is 24.4 Å². The van der Waals surface area contributed by atoms with Gasteiger partial charge in [0.1, 0.15) is 5.69 Å². The summed E-state index contributed by atoms with van der Waals surface area (Å²) < 4.78 is 5.56. The number of nitrogen functional groups attached to an aromatic ring is 1. The van der Waals surface area contributed by atoms with Crippen LogP contribution >= 0.6 is 11.3 Å². The highest BCUT2D eigenvalue weighted by Crippen LogP contribution is 2.26. The first-order valence-corrected chi connectivity index (χ1v) is 7.08. The first-order chi connectivity index (χ1) is 9.47. The van der Waals surface area contributed by atoms with Crippen molar-refractivity contribution in [3.8, 4) is 5.88 Å². The predicted octanol–water partition coefficient (Wildman–Crippen LogP) is 3.07. The maximum Gasteiger partial charge on any atom is 0.265 e. The molecule has 0 bridgehead atoms. The molecule has 0 aromatic carbocycles. The van der Waals surface area contributed by atoms with Gasteiger partial charge in [-0.25, -0.2) is 4.98 Å². The average molecular weight is 291 g/mol. The van der Waals surface area contributed by atoms with E-state index in [1.807, 2.05) is 20.8 Å². The zero-order valence-electron chi connectivity index (χ0n) is 11.6. The van der Waals surface area contributed by atoms with Crippen LogP contribution in [0.1, 0.15) is 28.4 Å². The summed E-state index contributed by atoms with van der Waals surface area (Å²) >= 11 is 1.36. The summed E-state index contributed by atoms with van der Waals surface area (Å²) in [6, 6.07) is 5.18. The lowest BCUT2D eigenvalue weighted by atomic mass is 10.3. The number of aryl methyl sites for hydroxylation is 1. The number of rotatable bonds is 4. The van der Waals surface area contributed by atoms with E-state index in [0.29, 0.717) is 22.1 Å². The van der Waals surface area contributed by atoms with Crippen LogP contribution in [0.15, 0.2) is 24.4 Å². The van der Waals surface area contributed by atoms with Crippen molar-refractivity contribution >= 4 is 28.6 Å². The molecular weight excluding hydrogens is 274 g/mol. The molecule has 6 heteroatoms. The quantitative estimate of drug-likeness (QED) is 0.907. The number of ether oxygens (including phenoxy) is 1. The summed E-state index contributed by atoms with van der Waals surface area (Å²) in [5, 5.41) is 2.80. The van der Waals surface area contributed by atoms with E-state index in [4.69, 9.17) is 10.5 Å². The van der Waals surface area contributed by atoms with Gasteiger partial charge in [0.05, 0.1) is 11.0 Å². The molecule has 2 aromatic rings. The summed E-state index contributed by atoms with van der Waals surface area (Å²) in [7, 11) is 0. The van der Waals surface area contributed by atoms with E-state index < -0.39 is 0 Å². The molecule has 20 heavy (non-hydrogen) atoms. The molecule has 0 aliphatic rings. The lowest BCUT2D eigenvalue weighted by Gasteiger charge is -2.12. The Morgan fingerprint density at radius 1 is 1.50 bits per heavy atom. The van der Waals surface area contributed by atoms with Gasteiger partial charge in [-0.05, 0) is 39.0 Å². The molecule has 2 rings (SSSR count). The molecule has 0 unspecified atom stereocenters. The second kappa shape index (κ2) is 5.92. The zero-order valence-corrected chi connectivity index (χ0v) is 12.5. The number of carbonyl (C=O) groups excluding carboxylic acids is 1. The minimum atomic E-state index is -0.212. The van der Waals surface area contributed by atoms with Gasteiger partial charge in [-0.1, -0.05) is 0 Å². The van der Waals surface area contributed by atoms with Crippen LogP contribution in [-0.2, 0) is 0 Å². The summed E-state index contributed by atoms with van der Waals surface area (Å²) in [6.07, 6.45) is 1.61. The molecule has 0 saturated heterocycles. The normalized spacial score (nSPS) is 10.6. The van der Waals surface area contributed by atoms with Gasteiger partial charge in [0.25, 0.3) is 5.91 Å². The summed E-state index contributed by atoms with van der Waals surface area (Å²) in [5.74, 6) is 0.202. The van der Waals surface area contributed by atoms with Crippen LogP contribution in [-0.4, -0.2) is 17.0 Å². The highest BCUT2D eigenvalue weighted by molar-refractivity contribution is 7.14. The number of amides is 1. The van der Waals surface area contributed by atoms with Crippen molar-refractivity contribution < 1.29 is 9.53 Å². The van der Waals surface area contributed by atoms with Gasteiger partial charge in [-0.2, -0.15) is 0 Å². The van der Waals surface area contributed by atoms with Crippen molar-refractivity contribution in [3.63, 3.8) is 0 Å². The fourth-order valence-corrected chi connectivity index (χ4v) is 2.43. The molecule has 0 fully saturated rings. The highest BCUT2D eigenvalue weighted by atomic mass is 32.1. The van der Waals surface area contributed by atoms with E-state index >= 15 is 0 Å². The van der Waals surface area contributed by atoms with Gasteiger partial charge in [0, 0.05) is 16.8 Å². The van der Waals surface area contributed by atoms with E-state index in [0.717, 1.165) is 4.88 Å². The minimum Gasteiger partial charge on any atom is -0.473 e. The molecular formula is C14H17N3O2S. The number of pyridine rings is 1.